The second-order valence-corrected chi connectivity index (χ2v) is 1.78. The Labute approximate surface area is 54.0 Å². The quantitative estimate of drug-likeness (QED) is 0.349. The summed E-state index contributed by atoms with van der Waals surface area (Å²) in [5, 5.41) is 11.7. The van der Waals surface area contributed by atoms with Gasteiger partial charge >= 0.3 is 0 Å². The summed E-state index contributed by atoms with van der Waals surface area (Å²) in [6, 6.07) is 0. The van der Waals surface area contributed by atoms with E-state index in [1.54, 1.807) is 0 Å². The van der Waals surface area contributed by atoms with Crippen LogP contribution in [0.3, 0.4) is 0 Å². The molecule has 9 heavy (non-hydrogen) atoms. The first-order valence-corrected chi connectivity index (χ1v) is 2.85. The van der Waals surface area contributed by atoms with Gasteiger partial charge in [0.05, 0.1) is 6.10 Å². The van der Waals surface area contributed by atoms with Crippen molar-refractivity contribution in [3.63, 3.8) is 0 Å². The van der Waals surface area contributed by atoms with Gasteiger partial charge in [-0.2, -0.15) is 0 Å². The fourth-order valence-corrected chi connectivity index (χ4v) is 0.639. The summed E-state index contributed by atoms with van der Waals surface area (Å²) in [5.41, 5.74) is 4.17. The molecule has 1 heterocycles. The molecule has 0 bridgehead atoms. The van der Waals surface area contributed by atoms with Gasteiger partial charge in [-0.25, -0.2) is 0 Å². The molecule has 0 aromatic heterocycles. The van der Waals surface area contributed by atoms with E-state index in [2.05, 4.69) is 11.1 Å². The number of aliphatic hydroxyl groups excluding tert-OH is 1. The van der Waals surface area contributed by atoms with E-state index in [4.69, 9.17) is 9.90 Å². The van der Waals surface area contributed by atoms with Gasteiger partial charge in [-0.3, -0.25) is 4.79 Å². The summed E-state index contributed by atoms with van der Waals surface area (Å²) in [4.78, 5) is 8.58. The molecule has 0 aliphatic carbocycles. The highest BCUT2D eigenvalue weighted by Gasteiger charge is 2.08. The average molecular weight is 132 g/mol. The van der Waals surface area contributed by atoms with Crippen molar-refractivity contribution in [2.45, 2.75) is 12.5 Å². The van der Waals surface area contributed by atoms with Gasteiger partial charge in [-0.15, -0.1) is 0 Å². The summed E-state index contributed by atoms with van der Waals surface area (Å²) in [6.45, 7) is 1.78. The molecule has 4 N–H and O–H groups in total. The standard InChI is InChI=1S/C4H9NO.CH3NO/c6-4-1-2-5-3-4;2-1-3/h4-6H,1-3H2;1H,(H2,2,3). The van der Waals surface area contributed by atoms with Crippen LogP contribution in [0.15, 0.2) is 0 Å². The van der Waals surface area contributed by atoms with E-state index in [-0.39, 0.29) is 12.5 Å². The first kappa shape index (κ1) is 8.39. The lowest BCUT2D eigenvalue weighted by atomic mass is 10.3. The normalized spacial score (nSPS) is 24.3. The second-order valence-electron chi connectivity index (χ2n) is 1.78. The van der Waals surface area contributed by atoms with Crippen LogP contribution >= 0.6 is 0 Å². The third-order valence-corrected chi connectivity index (χ3v) is 1.03. The maximum atomic E-state index is 8.67. The van der Waals surface area contributed by atoms with Crippen LogP contribution in [0, 0.1) is 0 Å². The maximum absolute atomic E-state index is 8.67. The minimum absolute atomic E-state index is 0.0648. The zero-order valence-corrected chi connectivity index (χ0v) is 5.21. The van der Waals surface area contributed by atoms with E-state index >= 15 is 0 Å². The molecule has 0 aromatic carbocycles. The minimum atomic E-state index is -0.0648. The Kier molecular flexibility index (Phi) is 5.15. The van der Waals surface area contributed by atoms with Crippen molar-refractivity contribution in [3.05, 3.63) is 0 Å². The van der Waals surface area contributed by atoms with Gasteiger partial charge < -0.3 is 16.2 Å². The first-order chi connectivity index (χ1) is 4.31. The maximum Gasteiger partial charge on any atom is 0.204 e. The third-order valence-electron chi connectivity index (χ3n) is 1.03. The largest absolute Gasteiger partial charge is 0.392 e. The molecule has 0 saturated carbocycles. The van der Waals surface area contributed by atoms with Crippen molar-refractivity contribution in [1.29, 1.82) is 0 Å². The number of hydrogen-bond donors (Lipinski definition) is 3. The molecule has 54 valence electrons. The van der Waals surface area contributed by atoms with Crippen molar-refractivity contribution in [2.24, 2.45) is 5.73 Å². The second kappa shape index (κ2) is 5.53. The molecule has 0 aromatic rings. The minimum Gasteiger partial charge on any atom is -0.392 e. The molecule has 1 aliphatic heterocycles. The van der Waals surface area contributed by atoms with Gasteiger partial charge in [0.15, 0.2) is 0 Å². The lowest BCUT2D eigenvalue weighted by molar-refractivity contribution is -0.106. The molecule has 0 radical (unpaired) electrons. The van der Waals surface area contributed by atoms with Crippen LogP contribution in [0.4, 0.5) is 0 Å². The average Bonchev–Trinajstić information content (AvgIpc) is 2.20. The summed E-state index contributed by atoms with van der Waals surface area (Å²) >= 11 is 0. The third kappa shape index (κ3) is 5.26. The Morgan fingerprint density at radius 2 is 2.33 bits per heavy atom. The lowest BCUT2D eigenvalue weighted by Gasteiger charge is -1.90. The molecule has 1 rings (SSSR count). The number of aliphatic hydroxyl groups is 1. The Morgan fingerprint density at radius 1 is 1.78 bits per heavy atom. The number of nitrogens with one attached hydrogen (secondary N) is 1. The van der Waals surface area contributed by atoms with E-state index in [1.807, 2.05) is 0 Å². The highest BCUT2D eigenvalue weighted by molar-refractivity contribution is 5.42. The number of β-amino-alcohol motifs (C(OH)–C–C–N with tert-alkyl or cyclic N) is 1. The van der Waals surface area contributed by atoms with Gasteiger partial charge in [-0.1, -0.05) is 0 Å². The summed E-state index contributed by atoms with van der Waals surface area (Å²) in [6.07, 6.45) is 1.12. The molecule has 4 heteroatoms. The van der Waals surface area contributed by atoms with Crippen LogP contribution in [-0.4, -0.2) is 30.7 Å². The Bertz CT molecular complexity index is 71.4. The van der Waals surface area contributed by atoms with Gasteiger partial charge in [-0.05, 0) is 13.0 Å². The molecular weight excluding hydrogens is 120 g/mol. The molecule has 1 fully saturated rings. The Balaban J connectivity index is 0.000000187. The molecular formula is C5H12N2O2. The summed E-state index contributed by atoms with van der Waals surface area (Å²) < 4.78 is 0. The predicted octanol–water partition coefficient (Wildman–Crippen LogP) is -1.56. The van der Waals surface area contributed by atoms with E-state index in [1.165, 1.54) is 0 Å². The van der Waals surface area contributed by atoms with Crippen molar-refractivity contribution >= 4 is 6.41 Å². The summed E-state index contributed by atoms with van der Waals surface area (Å²) in [5.74, 6) is 0. The first-order valence-electron chi connectivity index (χ1n) is 2.85. The molecule has 4 nitrogen and oxygen atoms in total. The van der Waals surface area contributed by atoms with Crippen molar-refractivity contribution in [3.8, 4) is 0 Å². The van der Waals surface area contributed by atoms with Gasteiger partial charge in [0, 0.05) is 6.54 Å². The van der Waals surface area contributed by atoms with Gasteiger partial charge in [0.1, 0.15) is 0 Å². The van der Waals surface area contributed by atoms with Crippen LogP contribution in [0.5, 0.6) is 0 Å². The number of carbonyl (C=O) groups is 1. The number of nitrogens with two attached hydrogens (primary N) is 1. The van der Waals surface area contributed by atoms with Crippen molar-refractivity contribution < 1.29 is 9.90 Å². The molecule has 1 saturated heterocycles. The zero-order chi connectivity index (χ0) is 7.11. The van der Waals surface area contributed by atoms with E-state index in [9.17, 15) is 0 Å². The molecule has 0 spiro atoms. The van der Waals surface area contributed by atoms with Crippen LogP contribution in [0.1, 0.15) is 6.42 Å². The van der Waals surface area contributed by atoms with E-state index < -0.39 is 0 Å². The number of primary amides is 1. The molecule has 1 atom stereocenters. The lowest BCUT2D eigenvalue weighted by Crippen LogP contribution is -2.11. The SMILES string of the molecule is NC=O.OC1CCNC1. The van der Waals surface area contributed by atoms with Gasteiger partial charge in [0.25, 0.3) is 0 Å². The fraction of sp³-hybridized carbons (Fsp3) is 0.800. The van der Waals surface area contributed by atoms with Crippen LogP contribution in [0.25, 0.3) is 0 Å². The number of hydrogen-bond acceptors (Lipinski definition) is 3. The van der Waals surface area contributed by atoms with Crippen LogP contribution in [-0.2, 0) is 4.79 Å². The van der Waals surface area contributed by atoms with E-state index in [0.29, 0.717) is 0 Å². The molecule has 1 unspecified atom stereocenters. The van der Waals surface area contributed by atoms with Crippen LogP contribution in [0.2, 0.25) is 0 Å². The Morgan fingerprint density at radius 3 is 2.44 bits per heavy atom. The van der Waals surface area contributed by atoms with Crippen LogP contribution < -0.4 is 11.1 Å². The highest BCUT2D eigenvalue weighted by atomic mass is 16.3. The smallest absolute Gasteiger partial charge is 0.204 e. The van der Waals surface area contributed by atoms with E-state index in [0.717, 1.165) is 19.5 Å². The number of carbonyl (C=O) groups excluding carboxylic acids is 1. The fourth-order valence-electron chi connectivity index (χ4n) is 0.639. The zero-order valence-electron chi connectivity index (χ0n) is 5.21. The molecule has 1 aliphatic rings. The topological polar surface area (TPSA) is 75.4 Å². The number of amides is 1. The van der Waals surface area contributed by atoms with Crippen molar-refractivity contribution in [2.75, 3.05) is 13.1 Å². The van der Waals surface area contributed by atoms with Crippen molar-refractivity contribution in [1.82, 2.24) is 5.32 Å². The summed E-state index contributed by atoms with van der Waals surface area (Å²) in [7, 11) is 0. The Hall–Kier alpha value is -0.610. The highest BCUT2D eigenvalue weighted by Crippen LogP contribution is 1.93. The molecule has 1 amide bonds. The predicted molar refractivity (Wildman–Crippen MR) is 33.7 cm³/mol. The van der Waals surface area contributed by atoms with Gasteiger partial charge in [0.2, 0.25) is 6.41 Å². The number of rotatable bonds is 0. The monoisotopic (exact) mass is 132 g/mol.